The van der Waals surface area contributed by atoms with Crippen LogP contribution >= 0.6 is 0 Å². The summed E-state index contributed by atoms with van der Waals surface area (Å²) >= 11 is 0. The average molecular weight is 390 g/mol. The lowest BCUT2D eigenvalue weighted by Gasteiger charge is -2.37. The second-order valence-corrected chi connectivity index (χ2v) is 9.49. The highest BCUT2D eigenvalue weighted by atomic mass is 32.2. The van der Waals surface area contributed by atoms with Gasteiger partial charge in [-0.05, 0) is 31.0 Å². The molecule has 2 saturated heterocycles. The molecule has 8 heteroatoms. The monoisotopic (exact) mass is 390 g/mol. The molecular weight excluding hydrogens is 367 g/mol. The van der Waals surface area contributed by atoms with Crippen molar-refractivity contribution in [2.75, 3.05) is 42.6 Å². The molecule has 3 heterocycles. The topological polar surface area (TPSA) is 66.4 Å². The molecule has 2 aliphatic rings. The molecule has 6 nitrogen and oxygen atoms in total. The fraction of sp³-hybridized carbons (Fsp3) is 0.474. The highest BCUT2D eigenvalue weighted by Gasteiger charge is 2.34. The number of halogens is 1. The van der Waals surface area contributed by atoms with Gasteiger partial charge in [0.1, 0.15) is 5.82 Å². The Bertz CT molecular complexity index is 942. The molecule has 2 aromatic rings. The standard InChI is InChI=1S/C19H23FN4O2S/c1-14-12-21-19(22-18(14)16-4-2-3-5-17(16)20)24-9-7-23(8-10-24)15-6-11-27(25,26)13-15/h2-5,12,15H,6-11,13H2,1H3. The van der Waals surface area contributed by atoms with Crippen LogP contribution in [0.15, 0.2) is 30.5 Å². The Labute approximate surface area is 159 Å². The zero-order valence-electron chi connectivity index (χ0n) is 15.3. The molecule has 0 bridgehead atoms. The quantitative estimate of drug-likeness (QED) is 0.798. The van der Waals surface area contributed by atoms with Crippen molar-refractivity contribution in [2.24, 2.45) is 0 Å². The summed E-state index contributed by atoms with van der Waals surface area (Å²) in [6.45, 7) is 4.91. The molecular formula is C19H23FN4O2S. The van der Waals surface area contributed by atoms with Crippen molar-refractivity contribution < 1.29 is 12.8 Å². The molecule has 1 aromatic heterocycles. The SMILES string of the molecule is Cc1cnc(N2CCN(C3CCS(=O)(=O)C3)CC2)nc1-c1ccccc1F. The van der Waals surface area contributed by atoms with Crippen LogP contribution in [0.4, 0.5) is 10.3 Å². The third-order valence-electron chi connectivity index (χ3n) is 5.41. The van der Waals surface area contributed by atoms with Gasteiger partial charge in [-0.3, -0.25) is 4.90 Å². The fourth-order valence-electron chi connectivity index (χ4n) is 3.86. The number of aromatic nitrogens is 2. The summed E-state index contributed by atoms with van der Waals surface area (Å²) in [6, 6.07) is 6.76. The van der Waals surface area contributed by atoms with Crippen LogP contribution in [0.2, 0.25) is 0 Å². The molecule has 1 atom stereocenters. The molecule has 0 amide bonds. The lowest BCUT2D eigenvalue weighted by Crippen LogP contribution is -2.51. The number of rotatable bonds is 3. The maximum absolute atomic E-state index is 14.2. The van der Waals surface area contributed by atoms with Gasteiger partial charge in [0.25, 0.3) is 0 Å². The van der Waals surface area contributed by atoms with Crippen LogP contribution in [-0.4, -0.2) is 67.0 Å². The van der Waals surface area contributed by atoms with Crippen LogP contribution in [-0.2, 0) is 9.84 Å². The van der Waals surface area contributed by atoms with Crippen molar-refractivity contribution >= 4 is 15.8 Å². The molecule has 0 spiro atoms. The summed E-state index contributed by atoms with van der Waals surface area (Å²) in [7, 11) is -2.87. The molecule has 0 saturated carbocycles. The Hall–Kier alpha value is -2.06. The van der Waals surface area contributed by atoms with E-state index < -0.39 is 9.84 Å². The number of hydrogen-bond donors (Lipinski definition) is 0. The molecule has 0 radical (unpaired) electrons. The van der Waals surface area contributed by atoms with Gasteiger partial charge in [0, 0.05) is 44.0 Å². The van der Waals surface area contributed by atoms with E-state index >= 15 is 0 Å². The predicted octanol–water partition coefficient (Wildman–Crippen LogP) is 1.90. The first kappa shape index (κ1) is 18.3. The molecule has 1 unspecified atom stereocenters. The van der Waals surface area contributed by atoms with Crippen molar-refractivity contribution in [2.45, 2.75) is 19.4 Å². The molecule has 144 valence electrons. The Morgan fingerprint density at radius 1 is 1.15 bits per heavy atom. The first-order valence-corrected chi connectivity index (χ1v) is 11.0. The van der Waals surface area contributed by atoms with Gasteiger partial charge in [-0.15, -0.1) is 0 Å². The lowest BCUT2D eigenvalue weighted by atomic mass is 10.1. The summed E-state index contributed by atoms with van der Waals surface area (Å²) < 4.78 is 37.6. The minimum Gasteiger partial charge on any atom is -0.338 e. The molecule has 4 rings (SSSR count). The van der Waals surface area contributed by atoms with E-state index in [1.54, 1.807) is 24.4 Å². The maximum Gasteiger partial charge on any atom is 0.225 e. The van der Waals surface area contributed by atoms with Crippen molar-refractivity contribution in [3.8, 4) is 11.3 Å². The Balaban J connectivity index is 1.49. The van der Waals surface area contributed by atoms with E-state index in [0.29, 0.717) is 23.0 Å². The molecule has 1 aromatic carbocycles. The van der Waals surface area contributed by atoms with Crippen LogP contribution in [0.25, 0.3) is 11.3 Å². The van der Waals surface area contributed by atoms with E-state index in [1.807, 2.05) is 6.92 Å². The summed E-state index contributed by atoms with van der Waals surface area (Å²) in [4.78, 5) is 13.4. The zero-order valence-corrected chi connectivity index (χ0v) is 16.1. The Morgan fingerprint density at radius 2 is 1.89 bits per heavy atom. The van der Waals surface area contributed by atoms with Crippen LogP contribution < -0.4 is 4.90 Å². The van der Waals surface area contributed by atoms with Crippen molar-refractivity contribution in [3.63, 3.8) is 0 Å². The van der Waals surface area contributed by atoms with Gasteiger partial charge in [-0.1, -0.05) is 12.1 Å². The number of piperazine rings is 1. The van der Waals surface area contributed by atoms with E-state index in [4.69, 9.17) is 0 Å². The first-order chi connectivity index (χ1) is 12.9. The summed E-state index contributed by atoms with van der Waals surface area (Å²) in [5.41, 5.74) is 1.93. The molecule has 27 heavy (non-hydrogen) atoms. The number of nitrogens with zero attached hydrogens (tertiary/aromatic N) is 4. The number of hydrogen-bond acceptors (Lipinski definition) is 6. The average Bonchev–Trinajstić information content (AvgIpc) is 3.03. The minimum atomic E-state index is -2.87. The molecule has 0 aliphatic carbocycles. The zero-order chi connectivity index (χ0) is 19.0. The van der Waals surface area contributed by atoms with Crippen LogP contribution in [0, 0.1) is 12.7 Å². The van der Waals surface area contributed by atoms with Gasteiger partial charge in [-0.25, -0.2) is 22.8 Å². The summed E-state index contributed by atoms with van der Waals surface area (Å²) in [5.74, 6) is 0.867. The largest absolute Gasteiger partial charge is 0.338 e. The minimum absolute atomic E-state index is 0.130. The lowest BCUT2D eigenvalue weighted by molar-refractivity contribution is 0.200. The van der Waals surface area contributed by atoms with Gasteiger partial charge in [0.15, 0.2) is 9.84 Å². The second kappa shape index (κ2) is 7.16. The Morgan fingerprint density at radius 3 is 2.56 bits per heavy atom. The smallest absolute Gasteiger partial charge is 0.225 e. The maximum atomic E-state index is 14.2. The number of aryl methyl sites for hydroxylation is 1. The van der Waals surface area contributed by atoms with Gasteiger partial charge in [0.2, 0.25) is 5.95 Å². The van der Waals surface area contributed by atoms with Gasteiger partial charge < -0.3 is 4.90 Å². The predicted molar refractivity (Wildman–Crippen MR) is 103 cm³/mol. The highest BCUT2D eigenvalue weighted by Crippen LogP contribution is 2.26. The normalized spacial score (nSPS) is 22.9. The Kier molecular flexibility index (Phi) is 4.86. The highest BCUT2D eigenvalue weighted by molar-refractivity contribution is 7.91. The fourth-order valence-corrected chi connectivity index (χ4v) is 5.62. The van der Waals surface area contributed by atoms with Crippen molar-refractivity contribution in [1.82, 2.24) is 14.9 Å². The molecule has 2 fully saturated rings. The van der Waals surface area contributed by atoms with Gasteiger partial charge in [-0.2, -0.15) is 0 Å². The number of benzene rings is 1. The number of anilines is 1. The third-order valence-corrected chi connectivity index (χ3v) is 7.16. The molecule has 2 aliphatic heterocycles. The molecule has 0 N–H and O–H groups in total. The van der Waals surface area contributed by atoms with E-state index in [2.05, 4.69) is 19.8 Å². The van der Waals surface area contributed by atoms with E-state index in [-0.39, 0.29) is 17.6 Å². The first-order valence-electron chi connectivity index (χ1n) is 9.21. The van der Waals surface area contributed by atoms with E-state index in [0.717, 1.165) is 38.2 Å². The van der Waals surface area contributed by atoms with Crippen LogP contribution in [0.1, 0.15) is 12.0 Å². The van der Waals surface area contributed by atoms with E-state index in [9.17, 15) is 12.8 Å². The van der Waals surface area contributed by atoms with Gasteiger partial charge in [0.05, 0.1) is 17.2 Å². The summed E-state index contributed by atoms with van der Waals surface area (Å²) in [5, 5.41) is 0. The van der Waals surface area contributed by atoms with Crippen molar-refractivity contribution in [1.29, 1.82) is 0 Å². The second-order valence-electron chi connectivity index (χ2n) is 7.26. The van der Waals surface area contributed by atoms with E-state index in [1.165, 1.54) is 6.07 Å². The van der Waals surface area contributed by atoms with Gasteiger partial charge >= 0.3 is 0 Å². The summed E-state index contributed by atoms with van der Waals surface area (Å²) in [6.07, 6.45) is 2.46. The van der Waals surface area contributed by atoms with Crippen LogP contribution in [0.5, 0.6) is 0 Å². The van der Waals surface area contributed by atoms with Crippen molar-refractivity contribution in [3.05, 3.63) is 41.8 Å². The third kappa shape index (κ3) is 3.82. The van der Waals surface area contributed by atoms with Crippen LogP contribution in [0.3, 0.4) is 0 Å². The number of sulfone groups is 1.